The molecule has 1 N–H and O–H groups in total. The number of nitro groups is 1. The van der Waals surface area contributed by atoms with E-state index in [0.717, 1.165) is 56.9 Å². The number of piperazine rings is 1. The van der Waals surface area contributed by atoms with Crippen molar-refractivity contribution in [3.05, 3.63) is 28.3 Å². The third-order valence-corrected chi connectivity index (χ3v) is 4.59. The Labute approximate surface area is 131 Å². The average molecular weight is 304 g/mol. The lowest BCUT2D eigenvalue weighted by Crippen LogP contribution is -2.49. The molecule has 22 heavy (non-hydrogen) atoms. The minimum atomic E-state index is -0.256. The first kappa shape index (κ1) is 15.1. The number of benzene rings is 1. The molecule has 3 rings (SSSR count). The Morgan fingerprint density at radius 1 is 1.18 bits per heavy atom. The summed E-state index contributed by atoms with van der Waals surface area (Å²) in [4.78, 5) is 15.6. The van der Waals surface area contributed by atoms with E-state index in [-0.39, 0.29) is 10.6 Å². The lowest BCUT2D eigenvalue weighted by Gasteiger charge is -2.35. The van der Waals surface area contributed by atoms with Gasteiger partial charge in [0, 0.05) is 50.5 Å². The first-order chi connectivity index (χ1) is 10.6. The van der Waals surface area contributed by atoms with E-state index in [1.165, 1.54) is 6.42 Å². The summed E-state index contributed by atoms with van der Waals surface area (Å²) in [5.74, 6) is 0. The molecule has 2 aliphatic heterocycles. The van der Waals surface area contributed by atoms with E-state index < -0.39 is 0 Å². The quantitative estimate of drug-likeness (QED) is 0.686. The second-order valence-electron chi connectivity index (χ2n) is 6.28. The highest BCUT2D eigenvalue weighted by Crippen LogP contribution is 2.34. The molecule has 2 fully saturated rings. The lowest BCUT2D eigenvalue weighted by molar-refractivity contribution is -0.384. The van der Waals surface area contributed by atoms with Gasteiger partial charge in [-0.1, -0.05) is 0 Å². The Morgan fingerprint density at radius 3 is 2.64 bits per heavy atom. The van der Waals surface area contributed by atoms with Crippen LogP contribution in [0.3, 0.4) is 0 Å². The summed E-state index contributed by atoms with van der Waals surface area (Å²) in [7, 11) is 0. The van der Waals surface area contributed by atoms with Crippen LogP contribution in [0.15, 0.2) is 18.2 Å². The van der Waals surface area contributed by atoms with Crippen LogP contribution in [-0.2, 0) is 0 Å². The van der Waals surface area contributed by atoms with Crippen LogP contribution in [0.5, 0.6) is 0 Å². The van der Waals surface area contributed by atoms with E-state index >= 15 is 0 Å². The molecule has 0 aliphatic carbocycles. The molecule has 1 aromatic carbocycles. The highest BCUT2D eigenvalue weighted by Gasteiger charge is 2.24. The molecular weight excluding hydrogens is 280 g/mol. The maximum absolute atomic E-state index is 11.4. The van der Waals surface area contributed by atoms with Gasteiger partial charge in [-0.05, 0) is 38.3 Å². The summed E-state index contributed by atoms with van der Waals surface area (Å²) in [6.45, 7) is 6.85. The van der Waals surface area contributed by atoms with E-state index in [4.69, 9.17) is 0 Å². The molecule has 6 nitrogen and oxygen atoms in total. The van der Waals surface area contributed by atoms with Crippen molar-refractivity contribution in [2.24, 2.45) is 0 Å². The highest BCUT2D eigenvalue weighted by atomic mass is 16.6. The maximum atomic E-state index is 11.4. The third-order valence-electron chi connectivity index (χ3n) is 4.59. The van der Waals surface area contributed by atoms with Crippen LogP contribution >= 0.6 is 0 Å². The molecule has 0 aromatic heterocycles. The Kier molecular flexibility index (Phi) is 4.47. The summed E-state index contributed by atoms with van der Waals surface area (Å²) < 4.78 is 0. The molecule has 0 saturated carbocycles. The average Bonchev–Trinajstić information content (AvgIpc) is 2.55. The van der Waals surface area contributed by atoms with Crippen molar-refractivity contribution in [1.29, 1.82) is 0 Å². The number of piperidine rings is 1. The summed E-state index contributed by atoms with van der Waals surface area (Å²) in [5.41, 5.74) is 2.11. The van der Waals surface area contributed by atoms with Crippen LogP contribution in [-0.4, -0.2) is 43.7 Å². The van der Waals surface area contributed by atoms with Crippen molar-refractivity contribution in [3.8, 4) is 0 Å². The Morgan fingerprint density at radius 2 is 1.95 bits per heavy atom. The second-order valence-corrected chi connectivity index (χ2v) is 6.28. The smallest absolute Gasteiger partial charge is 0.292 e. The first-order valence-electron chi connectivity index (χ1n) is 8.17. The van der Waals surface area contributed by atoms with Gasteiger partial charge in [0.25, 0.3) is 5.69 Å². The molecule has 0 bridgehead atoms. The minimum Gasteiger partial charge on any atom is -0.369 e. The van der Waals surface area contributed by atoms with E-state index in [2.05, 4.69) is 22.0 Å². The fraction of sp³-hybridized carbons (Fsp3) is 0.625. The fourth-order valence-electron chi connectivity index (χ4n) is 3.42. The summed E-state index contributed by atoms with van der Waals surface area (Å²) in [6, 6.07) is 6.03. The summed E-state index contributed by atoms with van der Waals surface area (Å²) >= 11 is 0. The van der Waals surface area contributed by atoms with Gasteiger partial charge >= 0.3 is 0 Å². The molecule has 6 heteroatoms. The second kappa shape index (κ2) is 6.52. The van der Waals surface area contributed by atoms with Gasteiger partial charge in [-0.25, -0.2) is 0 Å². The lowest BCUT2D eigenvalue weighted by atomic mass is 10.1. The van der Waals surface area contributed by atoms with Crippen LogP contribution in [0.4, 0.5) is 17.1 Å². The molecule has 2 saturated heterocycles. The number of nitrogens with one attached hydrogen (secondary N) is 1. The highest BCUT2D eigenvalue weighted by molar-refractivity contribution is 5.70. The van der Waals surface area contributed by atoms with Crippen LogP contribution in [0.2, 0.25) is 0 Å². The van der Waals surface area contributed by atoms with Gasteiger partial charge in [-0.3, -0.25) is 10.1 Å². The SMILES string of the molecule is C[C@@H]1CN(c2ccc([N+](=O)[O-])c(N3CCCCC3)c2)CCN1. The predicted molar refractivity (Wildman–Crippen MR) is 88.8 cm³/mol. The number of nitro benzene ring substituents is 1. The number of hydrogen-bond acceptors (Lipinski definition) is 5. The van der Waals surface area contributed by atoms with Gasteiger partial charge in [0.15, 0.2) is 0 Å². The zero-order chi connectivity index (χ0) is 15.5. The largest absolute Gasteiger partial charge is 0.369 e. The standard InChI is InChI=1S/C16H24N4O2/c1-13-12-19(10-7-17-13)14-5-6-15(20(21)22)16(11-14)18-8-3-2-4-9-18/h5-6,11,13,17H,2-4,7-10,12H2,1H3/t13-/m1/s1. The van der Waals surface area contributed by atoms with E-state index in [9.17, 15) is 10.1 Å². The molecule has 0 spiro atoms. The van der Waals surface area contributed by atoms with E-state index in [1.807, 2.05) is 12.1 Å². The summed E-state index contributed by atoms with van der Waals surface area (Å²) in [5, 5.41) is 14.8. The monoisotopic (exact) mass is 304 g/mol. The molecule has 1 atom stereocenters. The zero-order valence-electron chi connectivity index (χ0n) is 13.1. The topological polar surface area (TPSA) is 61.6 Å². The number of hydrogen-bond donors (Lipinski definition) is 1. The van der Waals surface area contributed by atoms with Crippen LogP contribution in [0.25, 0.3) is 0 Å². The predicted octanol–water partition coefficient (Wildman–Crippen LogP) is 2.38. The van der Waals surface area contributed by atoms with Crippen molar-refractivity contribution in [2.45, 2.75) is 32.2 Å². The molecule has 120 valence electrons. The van der Waals surface area contributed by atoms with Crippen molar-refractivity contribution in [2.75, 3.05) is 42.5 Å². The van der Waals surface area contributed by atoms with E-state index in [1.54, 1.807) is 6.07 Å². The van der Waals surface area contributed by atoms with Gasteiger partial charge in [0.05, 0.1) is 4.92 Å². The van der Waals surface area contributed by atoms with Crippen molar-refractivity contribution in [1.82, 2.24) is 5.32 Å². The van der Waals surface area contributed by atoms with Crippen LogP contribution in [0.1, 0.15) is 26.2 Å². The molecule has 2 aliphatic rings. The van der Waals surface area contributed by atoms with Gasteiger partial charge in [0.1, 0.15) is 5.69 Å². The summed E-state index contributed by atoms with van der Waals surface area (Å²) in [6.07, 6.45) is 3.46. The number of nitrogens with zero attached hydrogens (tertiary/aromatic N) is 3. The Bertz CT molecular complexity index is 543. The van der Waals surface area contributed by atoms with Gasteiger partial charge in [0.2, 0.25) is 0 Å². The molecule has 0 amide bonds. The molecule has 0 unspecified atom stereocenters. The minimum absolute atomic E-state index is 0.230. The van der Waals surface area contributed by atoms with Crippen molar-refractivity contribution >= 4 is 17.1 Å². The third kappa shape index (κ3) is 3.16. The Hall–Kier alpha value is -1.82. The van der Waals surface area contributed by atoms with Crippen molar-refractivity contribution in [3.63, 3.8) is 0 Å². The fourth-order valence-corrected chi connectivity index (χ4v) is 3.42. The maximum Gasteiger partial charge on any atom is 0.292 e. The van der Waals surface area contributed by atoms with Gasteiger partial charge in [-0.15, -0.1) is 0 Å². The van der Waals surface area contributed by atoms with E-state index in [0.29, 0.717) is 6.04 Å². The van der Waals surface area contributed by atoms with Gasteiger partial charge in [-0.2, -0.15) is 0 Å². The molecular formula is C16H24N4O2. The zero-order valence-corrected chi connectivity index (χ0v) is 13.1. The number of rotatable bonds is 3. The van der Waals surface area contributed by atoms with Gasteiger partial charge < -0.3 is 15.1 Å². The van der Waals surface area contributed by atoms with Crippen molar-refractivity contribution < 1.29 is 4.92 Å². The molecule has 0 radical (unpaired) electrons. The molecule has 1 aromatic rings. The van der Waals surface area contributed by atoms with Crippen LogP contribution in [0, 0.1) is 10.1 Å². The number of anilines is 2. The molecule has 2 heterocycles. The first-order valence-corrected chi connectivity index (χ1v) is 8.17. The van der Waals surface area contributed by atoms with Crippen LogP contribution < -0.4 is 15.1 Å². The normalized spacial score (nSPS) is 22.7. The Balaban J connectivity index is 1.90.